The molecule has 2 aliphatic rings. The van der Waals surface area contributed by atoms with Gasteiger partial charge in [-0.2, -0.15) is 0 Å². The number of hydrogen-bond acceptors (Lipinski definition) is 3. The van der Waals surface area contributed by atoms with E-state index in [1.165, 1.54) is 0 Å². The number of rotatable bonds is 0. The second-order valence-electron chi connectivity index (χ2n) is 5.00. The Kier molecular flexibility index (Phi) is 2.10. The minimum Gasteiger partial charge on any atom is -0.484 e. The van der Waals surface area contributed by atoms with Gasteiger partial charge in [0.05, 0.1) is 5.75 Å². The van der Waals surface area contributed by atoms with Crippen LogP contribution in [0.25, 0.3) is 0 Å². The fourth-order valence-corrected chi connectivity index (χ4v) is 5.08. The van der Waals surface area contributed by atoms with E-state index in [9.17, 15) is 8.42 Å². The molecule has 4 rings (SSSR count). The standard InChI is InChI=1S/C15H12O3S/c16-19(17)9-10-5-1-2-6-11(10)14-15(19)12-7-3-4-8-13(12)18-14/h1-8,14-15H,9H2/t14-,15+/m1/s1. The van der Waals surface area contributed by atoms with Crippen LogP contribution in [0.5, 0.6) is 5.75 Å². The van der Waals surface area contributed by atoms with Crippen molar-refractivity contribution in [1.82, 2.24) is 0 Å². The van der Waals surface area contributed by atoms with E-state index < -0.39 is 21.2 Å². The van der Waals surface area contributed by atoms with Crippen LogP contribution in [0.15, 0.2) is 48.5 Å². The first-order valence-corrected chi connectivity index (χ1v) is 7.93. The molecule has 96 valence electrons. The van der Waals surface area contributed by atoms with Crippen LogP contribution >= 0.6 is 0 Å². The van der Waals surface area contributed by atoms with Crippen LogP contribution in [-0.4, -0.2) is 8.42 Å². The summed E-state index contributed by atoms with van der Waals surface area (Å²) in [4.78, 5) is 0. The topological polar surface area (TPSA) is 43.4 Å². The van der Waals surface area contributed by atoms with Gasteiger partial charge in [0, 0.05) is 5.56 Å². The molecule has 2 aliphatic heterocycles. The van der Waals surface area contributed by atoms with E-state index in [4.69, 9.17) is 4.74 Å². The largest absolute Gasteiger partial charge is 0.484 e. The zero-order valence-corrected chi connectivity index (χ0v) is 10.9. The lowest BCUT2D eigenvalue weighted by Gasteiger charge is -2.27. The molecule has 0 saturated carbocycles. The van der Waals surface area contributed by atoms with Gasteiger partial charge >= 0.3 is 0 Å². The van der Waals surface area contributed by atoms with Gasteiger partial charge in [-0.05, 0) is 17.2 Å². The molecule has 0 unspecified atom stereocenters. The van der Waals surface area contributed by atoms with Crippen LogP contribution < -0.4 is 4.74 Å². The van der Waals surface area contributed by atoms with Gasteiger partial charge in [-0.3, -0.25) is 0 Å². The monoisotopic (exact) mass is 272 g/mol. The summed E-state index contributed by atoms with van der Waals surface area (Å²) in [6.07, 6.45) is -0.396. The van der Waals surface area contributed by atoms with Gasteiger partial charge in [0.1, 0.15) is 17.1 Å². The highest BCUT2D eigenvalue weighted by Crippen LogP contribution is 2.52. The molecule has 0 spiro atoms. The van der Waals surface area contributed by atoms with Crippen molar-refractivity contribution in [2.24, 2.45) is 0 Å². The quantitative estimate of drug-likeness (QED) is 0.740. The van der Waals surface area contributed by atoms with E-state index in [1.54, 1.807) is 0 Å². The van der Waals surface area contributed by atoms with Gasteiger partial charge in [-0.15, -0.1) is 0 Å². The molecule has 19 heavy (non-hydrogen) atoms. The molecule has 2 atom stereocenters. The van der Waals surface area contributed by atoms with E-state index in [0.717, 1.165) is 16.7 Å². The molecule has 0 bridgehead atoms. The molecule has 0 aromatic heterocycles. The SMILES string of the molecule is O=S1(=O)Cc2ccccc2[C@H]2Oc3ccccc3[C@@H]21. The molecule has 0 saturated heterocycles. The van der Waals surface area contributed by atoms with Gasteiger partial charge in [0.25, 0.3) is 0 Å². The first-order valence-electron chi connectivity index (χ1n) is 6.22. The maximum Gasteiger partial charge on any atom is 0.165 e. The first kappa shape index (κ1) is 11.1. The van der Waals surface area contributed by atoms with Crippen molar-refractivity contribution in [3.63, 3.8) is 0 Å². The molecule has 4 heteroatoms. The average Bonchev–Trinajstić information content (AvgIpc) is 2.78. The van der Waals surface area contributed by atoms with Crippen LogP contribution in [0.1, 0.15) is 28.0 Å². The van der Waals surface area contributed by atoms with Gasteiger partial charge in [0.15, 0.2) is 9.84 Å². The van der Waals surface area contributed by atoms with Gasteiger partial charge < -0.3 is 4.74 Å². The summed E-state index contributed by atoms with van der Waals surface area (Å²) in [5.41, 5.74) is 2.65. The predicted octanol–water partition coefficient (Wildman–Crippen LogP) is 2.79. The van der Waals surface area contributed by atoms with Crippen LogP contribution in [0.2, 0.25) is 0 Å². The third kappa shape index (κ3) is 1.46. The van der Waals surface area contributed by atoms with Crippen LogP contribution in [-0.2, 0) is 15.6 Å². The number of ether oxygens (including phenoxy) is 1. The van der Waals surface area contributed by atoms with Gasteiger partial charge in [-0.1, -0.05) is 42.5 Å². The van der Waals surface area contributed by atoms with Gasteiger partial charge in [-0.25, -0.2) is 8.42 Å². The highest BCUT2D eigenvalue weighted by atomic mass is 32.2. The Bertz CT molecular complexity index is 764. The Hall–Kier alpha value is -1.81. The lowest BCUT2D eigenvalue weighted by Crippen LogP contribution is -2.27. The lowest BCUT2D eigenvalue weighted by molar-refractivity contribution is 0.228. The number of para-hydroxylation sites is 1. The molecule has 3 nitrogen and oxygen atoms in total. The highest BCUT2D eigenvalue weighted by Gasteiger charge is 2.47. The summed E-state index contributed by atoms with van der Waals surface area (Å²) in [5, 5.41) is -0.557. The average molecular weight is 272 g/mol. The first-order chi connectivity index (χ1) is 9.17. The van der Waals surface area contributed by atoms with Crippen LogP contribution in [0.4, 0.5) is 0 Å². The minimum absolute atomic E-state index is 0.0992. The molecule has 0 N–H and O–H groups in total. The Balaban J connectivity index is 1.98. The molecule has 0 fully saturated rings. The molecule has 0 radical (unpaired) electrons. The molecular formula is C15H12O3S. The van der Waals surface area contributed by atoms with Crippen molar-refractivity contribution < 1.29 is 13.2 Å². The van der Waals surface area contributed by atoms with E-state index in [2.05, 4.69) is 0 Å². The summed E-state index contributed by atoms with van der Waals surface area (Å²) < 4.78 is 30.9. The van der Waals surface area contributed by atoms with E-state index >= 15 is 0 Å². The maximum absolute atomic E-state index is 12.5. The third-order valence-electron chi connectivity index (χ3n) is 3.86. The van der Waals surface area contributed by atoms with E-state index in [-0.39, 0.29) is 5.75 Å². The highest BCUT2D eigenvalue weighted by molar-refractivity contribution is 7.91. The Morgan fingerprint density at radius 3 is 2.47 bits per heavy atom. The van der Waals surface area contributed by atoms with Crippen LogP contribution in [0, 0.1) is 0 Å². The van der Waals surface area contributed by atoms with Crippen molar-refractivity contribution >= 4 is 9.84 Å². The fourth-order valence-electron chi connectivity index (χ4n) is 3.04. The molecule has 2 aromatic carbocycles. The molecule has 2 heterocycles. The predicted molar refractivity (Wildman–Crippen MR) is 71.6 cm³/mol. The zero-order chi connectivity index (χ0) is 13.0. The number of benzene rings is 2. The fraction of sp³-hybridized carbons (Fsp3) is 0.200. The zero-order valence-electron chi connectivity index (χ0n) is 10.1. The Morgan fingerprint density at radius 1 is 0.947 bits per heavy atom. The third-order valence-corrected chi connectivity index (χ3v) is 5.85. The summed E-state index contributed by atoms with van der Waals surface area (Å²) in [6, 6.07) is 15.1. The second kappa shape index (κ2) is 3.61. The van der Waals surface area contributed by atoms with Crippen molar-refractivity contribution in [3.8, 4) is 5.75 Å². The lowest BCUT2D eigenvalue weighted by atomic mass is 9.98. The number of sulfone groups is 1. The molecule has 0 aliphatic carbocycles. The van der Waals surface area contributed by atoms with Crippen molar-refractivity contribution in [2.45, 2.75) is 17.1 Å². The molecule has 0 amide bonds. The molecule has 2 aromatic rings. The van der Waals surface area contributed by atoms with Crippen molar-refractivity contribution in [1.29, 1.82) is 0 Å². The Labute approximate surface area is 111 Å². The summed E-state index contributed by atoms with van der Waals surface area (Å²) in [6.45, 7) is 0. The summed E-state index contributed by atoms with van der Waals surface area (Å²) >= 11 is 0. The van der Waals surface area contributed by atoms with E-state index in [1.807, 2.05) is 48.5 Å². The normalized spacial score (nSPS) is 25.9. The minimum atomic E-state index is -3.21. The van der Waals surface area contributed by atoms with Gasteiger partial charge in [0.2, 0.25) is 0 Å². The smallest absolute Gasteiger partial charge is 0.165 e. The van der Waals surface area contributed by atoms with Crippen LogP contribution in [0.3, 0.4) is 0 Å². The maximum atomic E-state index is 12.5. The second-order valence-corrected chi connectivity index (χ2v) is 7.13. The van der Waals surface area contributed by atoms with Crippen molar-refractivity contribution in [2.75, 3.05) is 0 Å². The number of fused-ring (bicyclic) bond motifs is 5. The van der Waals surface area contributed by atoms with E-state index in [0.29, 0.717) is 5.75 Å². The summed E-state index contributed by atoms with van der Waals surface area (Å²) in [7, 11) is -3.21. The number of hydrogen-bond donors (Lipinski definition) is 0. The Morgan fingerprint density at radius 2 is 1.63 bits per heavy atom. The summed E-state index contributed by atoms with van der Waals surface area (Å²) in [5.74, 6) is 0.792. The molecular weight excluding hydrogens is 260 g/mol. The van der Waals surface area contributed by atoms with Crippen molar-refractivity contribution in [3.05, 3.63) is 65.2 Å².